The van der Waals surface area contributed by atoms with Crippen LogP contribution in [0.3, 0.4) is 0 Å². The molecule has 25 heavy (non-hydrogen) atoms. The Morgan fingerprint density at radius 2 is 1.80 bits per heavy atom. The molecule has 2 aromatic rings. The van der Waals surface area contributed by atoms with Crippen LogP contribution in [0.5, 0.6) is 28.7 Å². The zero-order chi connectivity index (χ0) is 17.8. The van der Waals surface area contributed by atoms with Crippen molar-refractivity contribution >= 4 is 0 Å². The second kappa shape index (κ2) is 5.56. The molecule has 0 aliphatic carbocycles. The number of fused-ring (bicyclic) bond motifs is 1. The summed E-state index contributed by atoms with van der Waals surface area (Å²) in [5.74, 6) is 2.81. The normalized spacial score (nSPS) is 19.9. The van der Waals surface area contributed by atoms with Crippen LogP contribution in [0.2, 0.25) is 0 Å². The predicted octanol–water partition coefficient (Wildman–Crippen LogP) is 3.43. The lowest BCUT2D eigenvalue weighted by Crippen LogP contribution is -2.48. The predicted molar refractivity (Wildman–Crippen MR) is 94.9 cm³/mol. The van der Waals surface area contributed by atoms with Crippen LogP contribution >= 0.6 is 0 Å². The number of aromatic hydroxyl groups is 1. The Bertz CT molecular complexity index is 844. The van der Waals surface area contributed by atoms with Crippen LogP contribution < -0.4 is 14.2 Å². The van der Waals surface area contributed by atoms with Crippen molar-refractivity contribution in [2.24, 2.45) is 0 Å². The van der Waals surface area contributed by atoms with Gasteiger partial charge in [0.15, 0.2) is 23.0 Å². The highest BCUT2D eigenvalue weighted by molar-refractivity contribution is 5.59. The van der Waals surface area contributed by atoms with E-state index >= 15 is 0 Å². The van der Waals surface area contributed by atoms with Crippen LogP contribution in [0.4, 0.5) is 0 Å². The molecular weight excluding hydrogens is 318 g/mol. The van der Waals surface area contributed by atoms with Gasteiger partial charge in [0, 0.05) is 24.5 Å². The Kier molecular flexibility index (Phi) is 3.58. The molecule has 2 aliphatic heterocycles. The van der Waals surface area contributed by atoms with Gasteiger partial charge in [0.2, 0.25) is 0 Å². The summed E-state index contributed by atoms with van der Waals surface area (Å²) in [5.41, 5.74) is 3.46. The Balaban J connectivity index is 1.95. The third-order valence-corrected chi connectivity index (χ3v) is 5.59. The lowest BCUT2D eigenvalue weighted by Gasteiger charge is -2.42. The van der Waals surface area contributed by atoms with Gasteiger partial charge in [-0.15, -0.1) is 0 Å². The van der Waals surface area contributed by atoms with Gasteiger partial charge >= 0.3 is 0 Å². The zero-order valence-electron chi connectivity index (χ0n) is 15.1. The lowest BCUT2D eigenvalue weighted by molar-refractivity contribution is -0.923. The molecule has 0 fully saturated rings. The van der Waals surface area contributed by atoms with Gasteiger partial charge in [-0.2, -0.15) is 0 Å². The van der Waals surface area contributed by atoms with Crippen LogP contribution in [0.1, 0.15) is 22.7 Å². The van der Waals surface area contributed by atoms with E-state index in [1.165, 1.54) is 5.56 Å². The van der Waals surface area contributed by atoms with E-state index in [1.807, 2.05) is 18.2 Å². The molecule has 2 aromatic carbocycles. The smallest absolute Gasteiger partial charge is 0.178 e. The summed E-state index contributed by atoms with van der Waals surface area (Å²) in [7, 11) is 7.74. The van der Waals surface area contributed by atoms with Gasteiger partial charge in [0.05, 0.1) is 40.4 Å². The second-order valence-corrected chi connectivity index (χ2v) is 7.38. The summed E-state index contributed by atoms with van der Waals surface area (Å²) in [6.45, 7) is 1.06. The standard InChI is InChI=1S/C20H23NO4/c1-21(2)8-7-12-5-6-15(22)20-19(12)14(21)9-13-10-17(23-3)18(24-4)11-16(13)25-20/h5-6,10-11,14H,7-9H2,1-4H3/p+1/t14-/m1/s1. The maximum Gasteiger partial charge on any atom is 0.178 e. The van der Waals surface area contributed by atoms with Crippen LogP contribution in [0.25, 0.3) is 0 Å². The molecule has 132 valence electrons. The van der Waals surface area contributed by atoms with E-state index in [4.69, 9.17) is 14.2 Å². The van der Waals surface area contributed by atoms with E-state index in [9.17, 15) is 5.11 Å². The van der Waals surface area contributed by atoms with Crippen molar-refractivity contribution < 1.29 is 23.8 Å². The molecule has 0 spiro atoms. The summed E-state index contributed by atoms with van der Waals surface area (Å²) in [6.07, 6.45) is 1.81. The van der Waals surface area contributed by atoms with Crippen molar-refractivity contribution in [3.8, 4) is 28.7 Å². The minimum atomic E-state index is 0.188. The van der Waals surface area contributed by atoms with Gasteiger partial charge in [-0.3, -0.25) is 0 Å². The molecule has 0 aromatic heterocycles. The second-order valence-electron chi connectivity index (χ2n) is 7.38. The van der Waals surface area contributed by atoms with E-state index in [-0.39, 0.29) is 11.8 Å². The van der Waals surface area contributed by atoms with Crippen molar-refractivity contribution in [3.05, 3.63) is 41.0 Å². The zero-order valence-corrected chi connectivity index (χ0v) is 15.1. The summed E-state index contributed by atoms with van der Waals surface area (Å²) >= 11 is 0. The SMILES string of the molecule is COc1cc2c(cc1OC)Oc1c(O)ccc3c1[C@@H](C2)[N+](C)(C)CC3. The first kappa shape index (κ1) is 16.1. The third-order valence-electron chi connectivity index (χ3n) is 5.59. The minimum absolute atomic E-state index is 0.188. The highest BCUT2D eigenvalue weighted by Crippen LogP contribution is 2.51. The first-order chi connectivity index (χ1) is 11.9. The molecular formula is C20H24NO4+. The maximum atomic E-state index is 10.5. The van der Waals surface area contributed by atoms with Crippen molar-refractivity contribution in [3.63, 3.8) is 0 Å². The van der Waals surface area contributed by atoms with E-state index in [1.54, 1.807) is 20.3 Å². The number of likely N-dealkylation sites (N-methyl/N-ethyl adjacent to an activating group) is 1. The largest absolute Gasteiger partial charge is 0.504 e. The number of ether oxygens (including phenoxy) is 3. The number of methoxy groups -OCH3 is 2. The first-order valence-corrected chi connectivity index (χ1v) is 8.54. The fourth-order valence-electron chi connectivity index (χ4n) is 4.06. The Morgan fingerprint density at radius 1 is 1.08 bits per heavy atom. The number of phenols is 1. The molecule has 4 rings (SSSR count). The molecule has 0 radical (unpaired) electrons. The molecule has 0 saturated heterocycles. The molecule has 2 heterocycles. The van der Waals surface area contributed by atoms with E-state index in [0.29, 0.717) is 17.2 Å². The highest BCUT2D eigenvalue weighted by Gasteiger charge is 2.41. The molecule has 2 aliphatic rings. The maximum absolute atomic E-state index is 10.5. The van der Waals surface area contributed by atoms with Gasteiger partial charge in [-0.05, 0) is 17.7 Å². The quantitative estimate of drug-likeness (QED) is 0.850. The first-order valence-electron chi connectivity index (χ1n) is 8.54. The Morgan fingerprint density at radius 3 is 2.52 bits per heavy atom. The van der Waals surface area contributed by atoms with Gasteiger partial charge in [0.1, 0.15) is 11.8 Å². The number of hydrogen-bond donors (Lipinski definition) is 1. The van der Waals surface area contributed by atoms with Gasteiger partial charge in [0.25, 0.3) is 0 Å². The number of hydrogen-bond acceptors (Lipinski definition) is 4. The Hall–Kier alpha value is -2.40. The number of nitrogens with zero attached hydrogens (tertiary/aromatic N) is 1. The third kappa shape index (κ3) is 2.42. The summed E-state index contributed by atoms with van der Waals surface area (Å²) in [4.78, 5) is 0. The van der Waals surface area contributed by atoms with Crippen LogP contribution in [0.15, 0.2) is 24.3 Å². The van der Waals surface area contributed by atoms with Crippen molar-refractivity contribution in [2.45, 2.75) is 18.9 Å². The number of phenolic OH excluding ortho intramolecular Hbond substituents is 1. The average molecular weight is 342 g/mol. The van der Waals surface area contributed by atoms with Crippen molar-refractivity contribution in [2.75, 3.05) is 34.9 Å². The van der Waals surface area contributed by atoms with Crippen molar-refractivity contribution in [1.82, 2.24) is 0 Å². The molecule has 0 saturated carbocycles. The number of quaternary nitrogens is 1. The highest BCUT2D eigenvalue weighted by atomic mass is 16.5. The lowest BCUT2D eigenvalue weighted by atomic mass is 9.87. The summed E-state index contributed by atoms with van der Waals surface area (Å²) in [5, 5.41) is 10.5. The summed E-state index contributed by atoms with van der Waals surface area (Å²) in [6, 6.07) is 7.84. The molecule has 1 atom stereocenters. The molecule has 0 amide bonds. The Labute approximate surface area is 148 Å². The van der Waals surface area contributed by atoms with Gasteiger partial charge < -0.3 is 23.8 Å². The molecule has 5 heteroatoms. The summed E-state index contributed by atoms with van der Waals surface area (Å²) < 4.78 is 18.0. The molecule has 0 bridgehead atoms. The van der Waals surface area contributed by atoms with Crippen LogP contribution in [-0.2, 0) is 12.8 Å². The average Bonchev–Trinajstić information content (AvgIpc) is 2.77. The number of rotatable bonds is 2. The van der Waals surface area contributed by atoms with Crippen LogP contribution in [0, 0.1) is 0 Å². The topological polar surface area (TPSA) is 47.9 Å². The molecule has 0 unspecified atom stereocenters. The number of benzene rings is 2. The van der Waals surface area contributed by atoms with E-state index < -0.39 is 0 Å². The van der Waals surface area contributed by atoms with Crippen molar-refractivity contribution in [1.29, 1.82) is 0 Å². The fraction of sp³-hybridized carbons (Fsp3) is 0.400. The van der Waals surface area contributed by atoms with E-state index in [0.717, 1.165) is 40.7 Å². The monoisotopic (exact) mass is 342 g/mol. The van der Waals surface area contributed by atoms with E-state index in [2.05, 4.69) is 14.1 Å². The minimum Gasteiger partial charge on any atom is -0.504 e. The van der Waals surface area contributed by atoms with Gasteiger partial charge in [-0.1, -0.05) is 6.07 Å². The molecule has 1 N–H and O–H groups in total. The van der Waals surface area contributed by atoms with Gasteiger partial charge in [-0.25, -0.2) is 0 Å². The fourth-order valence-corrected chi connectivity index (χ4v) is 4.06. The van der Waals surface area contributed by atoms with Crippen LogP contribution in [-0.4, -0.2) is 44.4 Å². The molecule has 5 nitrogen and oxygen atoms in total.